The maximum Gasteiger partial charge on any atom is 0.231 e. The molecule has 2 amide bonds. The molecule has 1 atom stereocenters. The van der Waals surface area contributed by atoms with E-state index in [9.17, 15) is 9.59 Å². The first-order chi connectivity index (χ1) is 12.2. The largest absolute Gasteiger partial charge is 0.454 e. The van der Waals surface area contributed by atoms with Crippen molar-refractivity contribution in [3.8, 4) is 11.5 Å². The van der Waals surface area contributed by atoms with Crippen LogP contribution >= 0.6 is 0 Å². The maximum atomic E-state index is 12.4. The van der Waals surface area contributed by atoms with E-state index in [1.165, 1.54) is 12.8 Å². The Morgan fingerprint density at radius 2 is 2.00 bits per heavy atom. The predicted octanol–water partition coefficient (Wildman–Crippen LogP) is 1.87. The number of carbonyl (C=O) groups is 2. The van der Waals surface area contributed by atoms with Crippen LogP contribution in [0.15, 0.2) is 18.2 Å². The van der Waals surface area contributed by atoms with Gasteiger partial charge in [0.15, 0.2) is 11.5 Å². The number of nitrogens with zero attached hydrogens (tertiary/aromatic N) is 1. The highest BCUT2D eigenvalue weighted by Gasteiger charge is 2.38. The smallest absolute Gasteiger partial charge is 0.231 e. The SMILES string of the molecule is O=C(NCCc1ccc2c(c1)OCO2)[C@H]1CC(=O)N(C2CCCC2)C1. The molecular formula is C19H24N2O4. The van der Waals surface area contributed by atoms with Gasteiger partial charge in [0.2, 0.25) is 18.6 Å². The van der Waals surface area contributed by atoms with Gasteiger partial charge < -0.3 is 19.7 Å². The van der Waals surface area contributed by atoms with Crippen molar-refractivity contribution in [2.24, 2.45) is 5.92 Å². The summed E-state index contributed by atoms with van der Waals surface area (Å²) in [5.41, 5.74) is 1.10. The van der Waals surface area contributed by atoms with Crippen molar-refractivity contribution in [3.05, 3.63) is 23.8 Å². The Morgan fingerprint density at radius 1 is 1.20 bits per heavy atom. The van der Waals surface area contributed by atoms with Gasteiger partial charge in [-0.15, -0.1) is 0 Å². The van der Waals surface area contributed by atoms with Gasteiger partial charge in [-0.2, -0.15) is 0 Å². The molecule has 3 aliphatic rings. The van der Waals surface area contributed by atoms with Crippen molar-refractivity contribution in [2.45, 2.75) is 44.6 Å². The van der Waals surface area contributed by atoms with E-state index < -0.39 is 0 Å². The third kappa shape index (κ3) is 3.43. The van der Waals surface area contributed by atoms with E-state index >= 15 is 0 Å². The molecule has 2 heterocycles. The van der Waals surface area contributed by atoms with Gasteiger partial charge in [-0.3, -0.25) is 9.59 Å². The number of nitrogens with one attached hydrogen (secondary N) is 1. The summed E-state index contributed by atoms with van der Waals surface area (Å²) < 4.78 is 10.7. The van der Waals surface area contributed by atoms with Gasteiger partial charge in [0, 0.05) is 25.6 Å². The molecule has 2 aliphatic heterocycles. The first-order valence-corrected chi connectivity index (χ1v) is 9.16. The van der Waals surface area contributed by atoms with Gasteiger partial charge in [0.1, 0.15) is 0 Å². The number of hydrogen-bond donors (Lipinski definition) is 1. The highest BCUT2D eigenvalue weighted by molar-refractivity contribution is 5.89. The lowest BCUT2D eigenvalue weighted by molar-refractivity contribution is -0.130. The lowest BCUT2D eigenvalue weighted by Crippen LogP contribution is -2.37. The van der Waals surface area contributed by atoms with Crippen molar-refractivity contribution in [2.75, 3.05) is 19.9 Å². The average Bonchev–Trinajstić information content (AvgIpc) is 3.34. The molecule has 1 saturated carbocycles. The minimum Gasteiger partial charge on any atom is -0.454 e. The predicted molar refractivity (Wildman–Crippen MR) is 91.4 cm³/mol. The topological polar surface area (TPSA) is 67.9 Å². The molecule has 0 radical (unpaired) electrons. The third-order valence-electron chi connectivity index (χ3n) is 5.44. The lowest BCUT2D eigenvalue weighted by atomic mass is 10.1. The Morgan fingerprint density at radius 3 is 2.84 bits per heavy atom. The average molecular weight is 344 g/mol. The van der Waals surface area contributed by atoms with Crippen molar-refractivity contribution in [1.29, 1.82) is 0 Å². The number of fused-ring (bicyclic) bond motifs is 1. The Bertz CT molecular complexity index is 669. The van der Waals surface area contributed by atoms with E-state index in [-0.39, 0.29) is 24.5 Å². The molecule has 0 bridgehead atoms. The normalized spacial score (nSPS) is 22.6. The second-order valence-electron chi connectivity index (χ2n) is 7.11. The van der Waals surface area contributed by atoms with E-state index in [0.717, 1.165) is 36.3 Å². The van der Waals surface area contributed by atoms with Crippen LogP contribution in [0.5, 0.6) is 11.5 Å². The molecule has 0 unspecified atom stereocenters. The van der Waals surface area contributed by atoms with Crippen LogP contribution in [0.1, 0.15) is 37.7 Å². The fourth-order valence-electron chi connectivity index (χ4n) is 4.05. The number of benzene rings is 1. The van der Waals surface area contributed by atoms with E-state index in [4.69, 9.17) is 9.47 Å². The molecule has 0 aromatic heterocycles. The van der Waals surface area contributed by atoms with Crippen LogP contribution in [0.4, 0.5) is 0 Å². The van der Waals surface area contributed by atoms with Crippen molar-refractivity contribution >= 4 is 11.8 Å². The number of rotatable bonds is 5. The quantitative estimate of drug-likeness (QED) is 0.885. The van der Waals surface area contributed by atoms with Crippen molar-refractivity contribution in [1.82, 2.24) is 10.2 Å². The Balaban J connectivity index is 1.26. The molecule has 1 N–H and O–H groups in total. The van der Waals surface area contributed by atoms with Gasteiger partial charge in [-0.25, -0.2) is 0 Å². The van der Waals surface area contributed by atoms with E-state index in [2.05, 4.69) is 5.32 Å². The first-order valence-electron chi connectivity index (χ1n) is 9.16. The molecule has 2 fully saturated rings. The Kier molecular flexibility index (Phi) is 4.51. The van der Waals surface area contributed by atoms with Crippen molar-refractivity contribution < 1.29 is 19.1 Å². The molecule has 25 heavy (non-hydrogen) atoms. The fourth-order valence-corrected chi connectivity index (χ4v) is 4.05. The Labute approximate surface area is 147 Å². The van der Waals surface area contributed by atoms with E-state index in [0.29, 0.717) is 25.6 Å². The molecule has 6 heteroatoms. The molecule has 134 valence electrons. The summed E-state index contributed by atoms with van der Waals surface area (Å²) >= 11 is 0. The van der Waals surface area contributed by atoms with Gasteiger partial charge in [-0.1, -0.05) is 18.9 Å². The first kappa shape index (κ1) is 16.2. The van der Waals surface area contributed by atoms with Crippen LogP contribution in [0.25, 0.3) is 0 Å². The number of amides is 2. The summed E-state index contributed by atoms with van der Waals surface area (Å²) in [7, 11) is 0. The van der Waals surface area contributed by atoms with Crippen LogP contribution in [-0.4, -0.2) is 42.6 Å². The maximum absolute atomic E-state index is 12.4. The lowest BCUT2D eigenvalue weighted by Gasteiger charge is -2.23. The zero-order valence-electron chi connectivity index (χ0n) is 14.3. The third-order valence-corrected chi connectivity index (χ3v) is 5.44. The zero-order valence-corrected chi connectivity index (χ0v) is 14.3. The zero-order chi connectivity index (χ0) is 17.2. The van der Waals surface area contributed by atoms with Gasteiger partial charge in [0.05, 0.1) is 5.92 Å². The van der Waals surface area contributed by atoms with Crippen LogP contribution in [0, 0.1) is 5.92 Å². The van der Waals surface area contributed by atoms with Gasteiger partial charge in [-0.05, 0) is 37.0 Å². The van der Waals surface area contributed by atoms with Crippen LogP contribution in [0.2, 0.25) is 0 Å². The highest BCUT2D eigenvalue weighted by Crippen LogP contribution is 2.32. The monoisotopic (exact) mass is 344 g/mol. The summed E-state index contributed by atoms with van der Waals surface area (Å²) in [4.78, 5) is 26.5. The number of ether oxygens (including phenoxy) is 2. The number of hydrogen-bond acceptors (Lipinski definition) is 4. The van der Waals surface area contributed by atoms with Gasteiger partial charge in [0.25, 0.3) is 0 Å². The molecule has 1 aliphatic carbocycles. The summed E-state index contributed by atoms with van der Waals surface area (Å²) in [6, 6.07) is 6.20. The van der Waals surface area contributed by atoms with Crippen LogP contribution < -0.4 is 14.8 Å². The molecular weight excluding hydrogens is 320 g/mol. The highest BCUT2D eigenvalue weighted by atomic mass is 16.7. The van der Waals surface area contributed by atoms with Crippen LogP contribution in [0.3, 0.4) is 0 Å². The molecule has 6 nitrogen and oxygen atoms in total. The minimum absolute atomic E-state index is 0.00501. The van der Waals surface area contributed by atoms with Crippen LogP contribution in [-0.2, 0) is 16.0 Å². The molecule has 1 aromatic carbocycles. The minimum atomic E-state index is -0.204. The molecule has 1 saturated heterocycles. The second-order valence-corrected chi connectivity index (χ2v) is 7.11. The second kappa shape index (κ2) is 6.94. The summed E-state index contributed by atoms with van der Waals surface area (Å²) in [5, 5.41) is 2.98. The molecule has 1 aromatic rings. The van der Waals surface area contributed by atoms with E-state index in [1.54, 1.807) is 0 Å². The fraction of sp³-hybridized carbons (Fsp3) is 0.579. The van der Waals surface area contributed by atoms with E-state index in [1.807, 2.05) is 23.1 Å². The number of likely N-dealkylation sites (tertiary alicyclic amines) is 1. The van der Waals surface area contributed by atoms with Gasteiger partial charge >= 0.3 is 0 Å². The summed E-state index contributed by atoms with van der Waals surface area (Å²) in [6.07, 6.45) is 5.65. The molecule has 0 spiro atoms. The van der Waals surface area contributed by atoms with Crippen molar-refractivity contribution in [3.63, 3.8) is 0 Å². The summed E-state index contributed by atoms with van der Waals surface area (Å²) in [6.45, 7) is 1.41. The standard InChI is InChI=1S/C19H24N2O4/c22-18-10-14(11-21(18)15-3-1-2-4-15)19(23)20-8-7-13-5-6-16-17(9-13)25-12-24-16/h5-6,9,14-15H,1-4,7-8,10-12H2,(H,20,23)/t14-/m0/s1. The Hall–Kier alpha value is -2.24. The molecule has 4 rings (SSSR count). The number of carbonyl (C=O) groups excluding carboxylic acids is 2. The summed E-state index contributed by atoms with van der Waals surface area (Å²) in [5.74, 6) is 1.46.